The van der Waals surface area contributed by atoms with Crippen LogP contribution in [0.3, 0.4) is 0 Å². The summed E-state index contributed by atoms with van der Waals surface area (Å²) < 4.78 is 162. The van der Waals surface area contributed by atoms with Crippen molar-refractivity contribution in [2.24, 2.45) is 0 Å². The maximum Gasteiger partial charge on any atom is 0.460 e. The van der Waals surface area contributed by atoms with Crippen LogP contribution in [0, 0.1) is 0 Å². The molecule has 0 rings (SSSR count). The van der Waals surface area contributed by atoms with E-state index in [9.17, 15) is 57.1 Å². The Kier molecular flexibility index (Phi) is 5.03. The van der Waals surface area contributed by atoms with Gasteiger partial charge in [0.1, 0.15) is 0 Å². The van der Waals surface area contributed by atoms with Crippen LogP contribution in [0.5, 0.6) is 0 Å². The van der Waals surface area contributed by atoms with E-state index < -0.39 is 41.7 Å². The van der Waals surface area contributed by atoms with E-state index in [-0.39, 0.29) is 7.11 Å². The van der Waals surface area contributed by atoms with Crippen LogP contribution in [0.4, 0.5) is 57.1 Å². The molecule has 0 saturated carbocycles. The maximum atomic E-state index is 12.9. The predicted octanol–water partition coefficient (Wildman–Crippen LogP) is 4.84. The quantitative estimate of drug-likeness (QED) is 0.514. The number of rotatable bonds is 4. The highest BCUT2D eigenvalue weighted by Crippen LogP contribution is 2.53. The molecule has 0 spiro atoms. The van der Waals surface area contributed by atoms with Crippen LogP contribution in [0.1, 0.15) is 0 Å². The first kappa shape index (κ1) is 20.6. The van der Waals surface area contributed by atoms with E-state index in [0.717, 1.165) is 0 Å². The highest BCUT2D eigenvalue weighted by atomic mass is 19.4. The Balaban J connectivity index is 6.35. The lowest BCUT2D eigenvalue weighted by molar-refractivity contribution is -0.351. The lowest BCUT2D eigenvalue weighted by Crippen LogP contribution is -2.54. The van der Waals surface area contributed by atoms with Crippen molar-refractivity contribution in [2.45, 2.75) is 30.1 Å². The predicted molar refractivity (Wildman–Crippen MR) is 42.1 cm³/mol. The van der Waals surface area contributed by atoms with Crippen LogP contribution in [0.2, 0.25) is 0 Å². The molecule has 0 unspecified atom stereocenters. The smallest absolute Gasteiger partial charge is 0.460 e. The van der Waals surface area contributed by atoms with E-state index >= 15 is 0 Å². The monoisotopic (exact) mass is 362 g/mol. The first-order chi connectivity index (χ1) is 9.35. The van der Waals surface area contributed by atoms with Crippen molar-refractivity contribution >= 4 is 0 Å². The van der Waals surface area contributed by atoms with Gasteiger partial charge in [-0.05, 0) is 0 Å². The minimum atomic E-state index is -7.18. The third-order valence-corrected chi connectivity index (χ3v) is 2.07. The molecule has 22 heavy (non-hydrogen) atoms. The Bertz CT molecular complexity index is 440. The zero-order valence-corrected chi connectivity index (χ0v) is 9.82. The molecule has 0 aliphatic rings. The zero-order valence-electron chi connectivity index (χ0n) is 9.82. The van der Waals surface area contributed by atoms with Gasteiger partial charge in [0.15, 0.2) is 0 Å². The molecule has 0 atom stereocenters. The average Bonchev–Trinajstić information content (AvgIpc) is 2.25. The molecule has 0 bridgehead atoms. The molecule has 0 amide bonds. The van der Waals surface area contributed by atoms with E-state index in [1.807, 2.05) is 0 Å². The minimum Gasteiger partial charge on any atom is -0.492 e. The molecule has 0 aliphatic carbocycles. The molecule has 0 N–H and O–H groups in total. The average molecular weight is 362 g/mol. The topological polar surface area (TPSA) is 9.23 Å². The number of ether oxygens (including phenoxy) is 1. The summed E-state index contributed by atoms with van der Waals surface area (Å²) in [7, 11) is -0.290. The van der Waals surface area contributed by atoms with Crippen molar-refractivity contribution in [1.29, 1.82) is 0 Å². The van der Waals surface area contributed by atoms with Gasteiger partial charge >= 0.3 is 30.1 Å². The second kappa shape index (κ2) is 5.37. The molecule has 0 fully saturated rings. The lowest BCUT2D eigenvalue weighted by Gasteiger charge is -2.30. The van der Waals surface area contributed by atoms with Crippen LogP contribution >= 0.6 is 0 Å². The fourth-order valence-corrected chi connectivity index (χ4v) is 0.943. The molecule has 132 valence electrons. The Labute approximate surface area is 112 Å². The zero-order chi connectivity index (χ0) is 18.4. The maximum absolute atomic E-state index is 12.9. The molecular formula is C8H3F13O. The van der Waals surface area contributed by atoms with Gasteiger partial charge in [-0.3, -0.25) is 0 Å². The summed E-state index contributed by atoms with van der Waals surface area (Å²) in [5, 5.41) is 0. The third-order valence-electron chi connectivity index (χ3n) is 2.07. The third kappa shape index (κ3) is 3.04. The summed E-state index contributed by atoms with van der Waals surface area (Å²) in [4.78, 5) is 0. The van der Waals surface area contributed by atoms with Crippen LogP contribution in [0.25, 0.3) is 0 Å². The first-order valence-corrected chi connectivity index (χ1v) is 4.57. The summed E-state index contributed by atoms with van der Waals surface area (Å²) in [5.41, 5.74) is 0. The van der Waals surface area contributed by atoms with E-state index in [1.165, 1.54) is 0 Å². The number of methoxy groups -OCH3 is 1. The highest BCUT2D eigenvalue weighted by molar-refractivity contribution is 5.22. The number of hydrogen-bond donors (Lipinski definition) is 0. The Hall–Kier alpha value is -1.37. The summed E-state index contributed by atoms with van der Waals surface area (Å²) >= 11 is 0. The number of allylic oxidation sites excluding steroid dienone is 2. The molecule has 0 radical (unpaired) electrons. The van der Waals surface area contributed by atoms with Gasteiger partial charge in [-0.2, -0.15) is 52.7 Å². The van der Waals surface area contributed by atoms with Gasteiger partial charge in [0.25, 0.3) is 0 Å². The van der Waals surface area contributed by atoms with Gasteiger partial charge in [-0.15, -0.1) is 0 Å². The van der Waals surface area contributed by atoms with E-state index in [0.29, 0.717) is 0 Å². The highest BCUT2D eigenvalue weighted by Gasteiger charge is 2.77. The molecule has 0 saturated heterocycles. The number of halogens is 13. The second-order valence-corrected chi connectivity index (χ2v) is 3.57. The second-order valence-electron chi connectivity index (χ2n) is 3.57. The Morgan fingerprint density at radius 3 is 1.23 bits per heavy atom. The van der Waals surface area contributed by atoms with E-state index in [4.69, 9.17) is 0 Å². The molecule has 0 aromatic rings. The van der Waals surface area contributed by atoms with Gasteiger partial charge in [-0.1, -0.05) is 0 Å². The van der Waals surface area contributed by atoms with Gasteiger partial charge in [0.05, 0.1) is 7.11 Å². The number of hydrogen-bond acceptors (Lipinski definition) is 1. The molecule has 0 aromatic heterocycles. The first-order valence-electron chi connectivity index (χ1n) is 4.57. The van der Waals surface area contributed by atoms with Crippen molar-refractivity contribution in [3.05, 3.63) is 11.6 Å². The standard InChI is InChI=1S/C8H3F13O/c1-22-3(2(9)4(10,11)7(16,17)18)5(12,13)6(14,15)8(19,20)21/h1H3. The number of alkyl halides is 12. The molecule has 0 aliphatic heterocycles. The van der Waals surface area contributed by atoms with Crippen molar-refractivity contribution in [2.75, 3.05) is 7.11 Å². The molecule has 14 heteroatoms. The van der Waals surface area contributed by atoms with Crippen LogP contribution < -0.4 is 0 Å². The lowest BCUT2D eigenvalue weighted by atomic mass is 10.1. The van der Waals surface area contributed by atoms with E-state index in [2.05, 4.69) is 4.74 Å². The van der Waals surface area contributed by atoms with Gasteiger partial charge < -0.3 is 4.74 Å². The fourth-order valence-electron chi connectivity index (χ4n) is 0.943. The van der Waals surface area contributed by atoms with Crippen LogP contribution in [-0.4, -0.2) is 37.2 Å². The van der Waals surface area contributed by atoms with Crippen LogP contribution in [-0.2, 0) is 4.74 Å². The van der Waals surface area contributed by atoms with Crippen molar-refractivity contribution in [3.63, 3.8) is 0 Å². The van der Waals surface area contributed by atoms with Gasteiger partial charge in [0.2, 0.25) is 11.6 Å². The Morgan fingerprint density at radius 2 is 1.00 bits per heavy atom. The van der Waals surface area contributed by atoms with Crippen molar-refractivity contribution < 1.29 is 61.8 Å². The largest absolute Gasteiger partial charge is 0.492 e. The summed E-state index contributed by atoms with van der Waals surface area (Å²) in [6, 6.07) is 0. The van der Waals surface area contributed by atoms with Gasteiger partial charge in [0, 0.05) is 0 Å². The summed E-state index contributed by atoms with van der Waals surface area (Å²) in [5.74, 6) is -28.9. The molecule has 1 nitrogen and oxygen atoms in total. The normalized spacial score (nSPS) is 16.5. The molecule has 0 heterocycles. The SMILES string of the molecule is COC(=C(F)C(F)(F)C(F)(F)F)C(F)(F)C(F)(F)C(F)(F)F. The molecular weight excluding hydrogens is 359 g/mol. The van der Waals surface area contributed by atoms with Gasteiger partial charge in [-0.25, -0.2) is 4.39 Å². The van der Waals surface area contributed by atoms with Crippen molar-refractivity contribution in [1.82, 2.24) is 0 Å². The molecule has 0 aromatic carbocycles. The Morgan fingerprint density at radius 1 is 0.636 bits per heavy atom. The fraction of sp³-hybridized carbons (Fsp3) is 0.750. The van der Waals surface area contributed by atoms with Crippen molar-refractivity contribution in [3.8, 4) is 0 Å². The minimum absolute atomic E-state index is 0.290. The van der Waals surface area contributed by atoms with Crippen LogP contribution in [0.15, 0.2) is 11.6 Å². The summed E-state index contributed by atoms with van der Waals surface area (Å²) in [6.07, 6.45) is -14.0. The summed E-state index contributed by atoms with van der Waals surface area (Å²) in [6.45, 7) is 0. The van der Waals surface area contributed by atoms with E-state index in [1.54, 1.807) is 0 Å².